The molecule has 1 saturated heterocycles. The summed E-state index contributed by atoms with van der Waals surface area (Å²) in [6, 6.07) is -0.386. The predicted octanol–water partition coefficient (Wildman–Crippen LogP) is 1.32. The summed E-state index contributed by atoms with van der Waals surface area (Å²) >= 11 is 0. The van der Waals surface area contributed by atoms with Gasteiger partial charge < -0.3 is 15.0 Å². The number of piperazine rings is 1. The van der Waals surface area contributed by atoms with E-state index in [1.165, 1.54) is 0 Å². The molecule has 2 atom stereocenters. The smallest absolute Gasteiger partial charge is 0.246 e. The maximum atomic E-state index is 12.6. The van der Waals surface area contributed by atoms with E-state index >= 15 is 0 Å². The lowest BCUT2D eigenvalue weighted by atomic mass is 9.91. The van der Waals surface area contributed by atoms with E-state index in [1.54, 1.807) is 25.9 Å². The maximum Gasteiger partial charge on any atom is 0.246 e. The fourth-order valence-electron chi connectivity index (χ4n) is 2.62. The van der Waals surface area contributed by atoms with Gasteiger partial charge in [0.15, 0.2) is 0 Å². The maximum absolute atomic E-state index is 12.6. The molecular formula is C14H26N2O3. The number of nitrogens with one attached hydrogen (secondary N) is 1. The van der Waals surface area contributed by atoms with Crippen LogP contribution in [0.5, 0.6) is 0 Å². The van der Waals surface area contributed by atoms with Gasteiger partial charge in [-0.3, -0.25) is 9.59 Å². The third kappa shape index (κ3) is 3.26. The van der Waals surface area contributed by atoms with Crippen LogP contribution in [0.2, 0.25) is 0 Å². The van der Waals surface area contributed by atoms with Gasteiger partial charge in [0.2, 0.25) is 11.8 Å². The van der Waals surface area contributed by atoms with Crippen LogP contribution in [-0.2, 0) is 14.3 Å². The highest BCUT2D eigenvalue weighted by Crippen LogP contribution is 2.26. The number of hydrogen-bond donors (Lipinski definition) is 1. The topological polar surface area (TPSA) is 58.6 Å². The van der Waals surface area contributed by atoms with Gasteiger partial charge in [0.05, 0.1) is 0 Å². The van der Waals surface area contributed by atoms with Gasteiger partial charge in [-0.1, -0.05) is 13.3 Å². The van der Waals surface area contributed by atoms with Crippen molar-refractivity contribution in [2.75, 3.05) is 13.7 Å². The van der Waals surface area contributed by atoms with Crippen molar-refractivity contribution in [3.8, 4) is 0 Å². The average Bonchev–Trinajstić information content (AvgIpc) is 2.33. The van der Waals surface area contributed by atoms with Crippen LogP contribution in [0.4, 0.5) is 0 Å². The SMILES string of the molecule is CCCC1NC(=O)C(C)(C)N(C(C)CCOC)C1=O. The fourth-order valence-corrected chi connectivity index (χ4v) is 2.62. The zero-order chi connectivity index (χ0) is 14.6. The molecule has 0 radical (unpaired) electrons. The van der Waals surface area contributed by atoms with Crippen molar-refractivity contribution in [1.82, 2.24) is 10.2 Å². The van der Waals surface area contributed by atoms with Gasteiger partial charge >= 0.3 is 0 Å². The summed E-state index contributed by atoms with van der Waals surface area (Å²) in [4.78, 5) is 26.5. The molecule has 1 N–H and O–H groups in total. The van der Waals surface area contributed by atoms with Crippen molar-refractivity contribution in [2.24, 2.45) is 0 Å². The Bertz CT molecular complexity index is 342. The van der Waals surface area contributed by atoms with Gasteiger partial charge in [0.25, 0.3) is 0 Å². The Hall–Kier alpha value is -1.10. The van der Waals surface area contributed by atoms with Gasteiger partial charge in [-0.25, -0.2) is 0 Å². The molecule has 1 aliphatic rings. The van der Waals surface area contributed by atoms with E-state index in [2.05, 4.69) is 5.32 Å². The molecule has 19 heavy (non-hydrogen) atoms. The van der Waals surface area contributed by atoms with Gasteiger partial charge in [0, 0.05) is 19.8 Å². The minimum atomic E-state index is -0.797. The largest absolute Gasteiger partial charge is 0.385 e. The molecule has 1 aliphatic heterocycles. The summed E-state index contributed by atoms with van der Waals surface area (Å²) in [6.07, 6.45) is 2.29. The first kappa shape index (κ1) is 16.0. The summed E-state index contributed by atoms with van der Waals surface area (Å²) in [6.45, 7) is 8.16. The van der Waals surface area contributed by atoms with E-state index in [-0.39, 0.29) is 23.9 Å². The lowest BCUT2D eigenvalue weighted by Crippen LogP contribution is -2.70. The third-order valence-electron chi connectivity index (χ3n) is 3.76. The zero-order valence-corrected chi connectivity index (χ0v) is 12.7. The normalized spacial score (nSPS) is 24.3. The molecule has 1 heterocycles. The standard InChI is InChI=1S/C14H26N2O3/c1-6-7-11-12(17)16(10(2)8-9-19-5)14(3,4)13(18)15-11/h10-11H,6-9H2,1-5H3,(H,15,18). The van der Waals surface area contributed by atoms with Gasteiger partial charge in [-0.15, -0.1) is 0 Å². The first-order valence-electron chi connectivity index (χ1n) is 6.99. The van der Waals surface area contributed by atoms with Crippen LogP contribution < -0.4 is 5.32 Å². The Morgan fingerprint density at radius 1 is 1.42 bits per heavy atom. The summed E-state index contributed by atoms with van der Waals surface area (Å²) in [5.41, 5.74) is -0.797. The van der Waals surface area contributed by atoms with Crippen molar-refractivity contribution in [3.63, 3.8) is 0 Å². The lowest BCUT2D eigenvalue weighted by Gasteiger charge is -2.47. The molecule has 0 aromatic carbocycles. The van der Waals surface area contributed by atoms with Crippen LogP contribution in [0.15, 0.2) is 0 Å². The van der Waals surface area contributed by atoms with Crippen LogP contribution in [0.25, 0.3) is 0 Å². The molecule has 0 aliphatic carbocycles. The highest BCUT2D eigenvalue weighted by Gasteiger charge is 2.47. The molecule has 110 valence electrons. The zero-order valence-electron chi connectivity index (χ0n) is 12.7. The van der Waals surface area contributed by atoms with Gasteiger partial charge in [0.1, 0.15) is 11.6 Å². The molecular weight excluding hydrogens is 244 g/mol. The summed E-state index contributed by atoms with van der Waals surface area (Å²) in [5, 5.41) is 2.84. The molecule has 1 rings (SSSR count). The second kappa shape index (κ2) is 6.37. The van der Waals surface area contributed by atoms with Crippen molar-refractivity contribution in [2.45, 2.75) is 64.6 Å². The summed E-state index contributed by atoms with van der Waals surface area (Å²) in [5.74, 6) is -0.0510. The number of carbonyl (C=O) groups is 2. The van der Waals surface area contributed by atoms with Crippen molar-refractivity contribution >= 4 is 11.8 Å². The minimum Gasteiger partial charge on any atom is -0.385 e. The number of amides is 2. The Morgan fingerprint density at radius 2 is 2.05 bits per heavy atom. The van der Waals surface area contributed by atoms with E-state index < -0.39 is 5.54 Å². The van der Waals surface area contributed by atoms with E-state index in [1.807, 2.05) is 13.8 Å². The first-order valence-corrected chi connectivity index (χ1v) is 6.99. The Kier molecular flexibility index (Phi) is 5.35. The Labute approximate surface area is 115 Å². The molecule has 0 aromatic heterocycles. The monoisotopic (exact) mass is 270 g/mol. The van der Waals surface area contributed by atoms with Crippen molar-refractivity contribution < 1.29 is 14.3 Å². The minimum absolute atomic E-state index is 0.00661. The molecule has 2 amide bonds. The van der Waals surface area contributed by atoms with Crippen LogP contribution in [-0.4, -0.2) is 48.1 Å². The Morgan fingerprint density at radius 3 is 2.58 bits per heavy atom. The number of rotatable bonds is 6. The number of nitrogens with zero attached hydrogens (tertiary/aromatic N) is 1. The Balaban J connectivity index is 2.93. The second-order valence-corrected chi connectivity index (χ2v) is 5.71. The highest BCUT2D eigenvalue weighted by atomic mass is 16.5. The molecule has 0 aromatic rings. The highest BCUT2D eigenvalue weighted by molar-refractivity contribution is 5.99. The summed E-state index contributed by atoms with van der Waals surface area (Å²) < 4.78 is 5.07. The van der Waals surface area contributed by atoms with E-state index in [4.69, 9.17) is 4.74 Å². The average molecular weight is 270 g/mol. The number of carbonyl (C=O) groups excluding carboxylic acids is 2. The molecule has 0 bridgehead atoms. The van der Waals surface area contributed by atoms with Crippen LogP contribution in [0, 0.1) is 0 Å². The molecule has 1 fully saturated rings. The van der Waals surface area contributed by atoms with Crippen molar-refractivity contribution in [3.05, 3.63) is 0 Å². The van der Waals surface area contributed by atoms with Crippen LogP contribution in [0.3, 0.4) is 0 Å². The second-order valence-electron chi connectivity index (χ2n) is 5.71. The lowest BCUT2D eigenvalue weighted by molar-refractivity contribution is -0.158. The summed E-state index contributed by atoms with van der Waals surface area (Å²) in [7, 11) is 1.64. The number of hydrogen-bond acceptors (Lipinski definition) is 3. The number of methoxy groups -OCH3 is 1. The predicted molar refractivity (Wildman–Crippen MR) is 73.7 cm³/mol. The van der Waals surface area contributed by atoms with Gasteiger partial charge in [-0.05, 0) is 33.6 Å². The molecule has 0 spiro atoms. The van der Waals surface area contributed by atoms with Crippen LogP contribution in [0.1, 0.15) is 47.0 Å². The molecule has 2 unspecified atom stereocenters. The van der Waals surface area contributed by atoms with E-state index in [0.29, 0.717) is 13.0 Å². The molecule has 0 saturated carbocycles. The van der Waals surface area contributed by atoms with Crippen LogP contribution >= 0.6 is 0 Å². The molecule has 5 heteroatoms. The van der Waals surface area contributed by atoms with E-state index in [0.717, 1.165) is 12.8 Å². The fraction of sp³-hybridized carbons (Fsp3) is 0.857. The van der Waals surface area contributed by atoms with Crippen molar-refractivity contribution in [1.29, 1.82) is 0 Å². The van der Waals surface area contributed by atoms with Gasteiger partial charge in [-0.2, -0.15) is 0 Å². The third-order valence-corrected chi connectivity index (χ3v) is 3.76. The van der Waals surface area contributed by atoms with E-state index in [9.17, 15) is 9.59 Å². The quantitative estimate of drug-likeness (QED) is 0.792. The first-order chi connectivity index (χ1) is 8.86. The number of ether oxygens (including phenoxy) is 1. The molecule has 5 nitrogen and oxygen atoms in total.